The van der Waals surface area contributed by atoms with Crippen molar-refractivity contribution in [1.29, 1.82) is 0 Å². The molecule has 0 saturated carbocycles. The Labute approximate surface area is 270 Å². The van der Waals surface area contributed by atoms with Gasteiger partial charge in [0, 0.05) is 49.7 Å². The summed E-state index contributed by atoms with van der Waals surface area (Å²) in [6, 6.07) is 18.4. The van der Waals surface area contributed by atoms with E-state index in [1.807, 2.05) is 13.8 Å². The maximum atomic E-state index is 12.8. The van der Waals surface area contributed by atoms with Crippen LogP contribution in [0.1, 0.15) is 66.7 Å². The molecule has 0 aliphatic carbocycles. The van der Waals surface area contributed by atoms with Gasteiger partial charge >= 0.3 is 6.03 Å². The minimum atomic E-state index is -0.363. The molecule has 0 aromatic heterocycles. The zero-order valence-corrected chi connectivity index (χ0v) is 26.8. The molecule has 0 radical (unpaired) electrons. The van der Waals surface area contributed by atoms with E-state index in [1.165, 1.54) is 7.05 Å². The molecule has 11 nitrogen and oxygen atoms in total. The zero-order valence-electron chi connectivity index (χ0n) is 26.8. The number of ether oxygens (including phenoxy) is 2. The molecule has 3 aromatic carbocycles. The van der Waals surface area contributed by atoms with Gasteiger partial charge in [-0.3, -0.25) is 9.59 Å². The number of benzene rings is 3. The molecule has 1 saturated heterocycles. The van der Waals surface area contributed by atoms with Gasteiger partial charge < -0.3 is 40.7 Å². The quantitative estimate of drug-likeness (QED) is 0.145. The van der Waals surface area contributed by atoms with Crippen molar-refractivity contribution in [3.63, 3.8) is 0 Å². The maximum Gasteiger partial charge on any atom is 0.319 e. The predicted octanol–water partition coefficient (Wildman–Crippen LogP) is 5.63. The smallest absolute Gasteiger partial charge is 0.319 e. The van der Waals surface area contributed by atoms with Crippen molar-refractivity contribution in [3.8, 4) is 17.2 Å². The number of likely N-dealkylation sites (tertiary alicyclic amines) is 1. The number of nitrogens with one attached hydrogen (secondary N) is 4. The van der Waals surface area contributed by atoms with E-state index in [4.69, 9.17) is 9.47 Å². The van der Waals surface area contributed by atoms with Gasteiger partial charge in [-0.2, -0.15) is 0 Å². The first-order valence-corrected chi connectivity index (χ1v) is 15.9. The molecule has 4 rings (SSSR count). The Morgan fingerprint density at radius 3 is 2.17 bits per heavy atom. The predicted molar refractivity (Wildman–Crippen MR) is 179 cm³/mol. The highest BCUT2D eigenvalue weighted by Crippen LogP contribution is 2.29. The number of nitrogens with zero attached hydrogens (tertiary/aromatic N) is 1. The van der Waals surface area contributed by atoms with Crippen LogP contribution < -0.4 is 30.7 Å². The molecule has 246 valence electrons. The fourth-order valence-electron chi connectivity index (χ4n) is 5.11. The lowest BCUT2D eigenvalue weighted by atomic mass is 10.1. The van der Waals surface area contributed by atoms with Crippen molar-refractivity contribution in [2.45, 2.75) is 58.1 Å². The van der Waals surface area contributed by atoms with Gasteiger partial charge in [-0.05, 0) is 98.8 Å². The normalized spacial score (nSPS) is 13.6. The van der Waals surface area contributed by atoms with E-state index >= 15 is 0 Å². The van der Waals surface area contributed by atoms with Gasteiger partial charge in [-0.1, -0.05) is 13.8 Å². The first-order valence-electron chi connectivity index (χ1n) is 15.9. The van der Waals surface area contributed by atoms with Gasteiger partial charge in [0.15, 0.2) is 0 Å². The van der Waals surface area contributed by atoms with Crippen LogP contribution >= 0.6 is 0 Å². The van der Waals surface area contributed by atoms with E-state index in [2.05, 4.69) is 26.2 Å². The Kier molecular flexibility index (Phi) is 12.8. The number of hydrogen-bond acceptors (Lipinski definition) is 7. The molecule has 4 amide bonds. The van der Waals surface area contributed by atoms with Crippen LogP contribution in [0, 0.1) is 0 Å². The topological polar surface area (TPSA) is 141 Å². The van der Waals surface area contributed by atoms with Crippen molar-refractivity contribution in [2.24, 2.45) is 0 Å². The third-order valence-electron chi connectivity index (χ3n) is 7.93. The number of anilines is 2. The minimum absolute atomic E-state index is 0.0664. The number of urea groups is 1. The van der Waals surface area contributed by atoms with Gasteiger partial charge in [0.05, 0.1) is 18.3 Å². The van der Waals surface area contributed by atoms with Crippen molar-refractivity contribution in [3.05, 3.63) is 77.9 Å². The van der Waals surface area contributed by atoms with Crippen LogP contribution in [-0.2, 0) is 0 Å². The summed E-state index contributed by atoms with van der Waals surface area (Å²) < 4.78 is 11.8. The number of hydrogen-bond donors (Lipinski definition) is 5. The fourth-order valence-corrected chi connectivity index (χ4v) is 5.11. The number of aliphatic hydroxyl groups is 1. The van der Waals surface area contributed by atoms with Crippen LogP contribution in [0.2, 0.25) is 0 Å². The molecule has 1 aliphatic heterocycles. The van der Waals surface area contributed by atoms with Crippen molar-refractivity contribution >= 4 is 29.2 Å². The van der Waals surface area contributed by atoms with E-state index in [0.29, 0.717) is 40.8 Å². The third-order valence-corrected chi connectivity index (χ3v) is 7.93. The van der Waals surface area contributed by atoms with Gasteiger partial charge in [0.25, 0.3) is 11.8 Å². The highest BCUT2D eigenvalue weighted by Gasteiger charge is 2.17. The van der Waals surface area contributed by atoms with Crippen LogP contribution in [0.5, 0.6) is 17.2 Å². The monoisotopic (exact) mass is 631 g/mol. The highest BCUT2D eigenvalue weighted by molar-refractivity contribution is 6.04. The van der Waals surface area contributed by atoms with E-state index in [9.17, 15) is 19.5 Å². The van der Waals surface area contributed by atoms with E-state index in [-0.39, 0.29) is 35.6 Å². The van der Waals surface area contributed by atoms with E-state index < -0.39 is 0 Å². The maximum absolute atomic E-state index is 12.8. The summed E-state index contributed by atoms with van der Waals surface area (Å²) in [5.74, 6) is 0.867. The van der Waals surface area contributed by atoms with Crippen molar-refractivity contribution in [1.82, 2.24) is 15.5 Å². The second kappa shape index (κ2) is 17.2. The Balaban J connectivity index is 1.28. The average molecular weight is 632 g/mol. The highest BCUT2D eigenvalue weighted by atomic mass is 16.5. The molecule has 46 heavy (non-hydrogen) atoms. The van der Waals surface area contributed by atoms with Crippen LogP contribution in [0.25, 0.3) is 0 Å². The van der Waals surface area contributed by atoms with Crippen LogP contribution in [0.3, 0.4) is 0 Å². The van der Waals surface area contributed by atoms with Gasteiger partial charge in [-0.15, -0.1) is 0 Å². The summed E-state index contributed by atoms with van der Waals surface area (Å²) in [4.78, 5) is 40.2. The standard InChI is InChI=1S/C35H45N5O6/c1-4-25(5-2)38-35(44)39-27-11-16-32(31(23-27)34(43)36-3)46-30-14-9-26(10-15-30)37-33(42)24-7-12-29(13-8-24)45-22-6-19-40-20-17-28(41)18-21-40/h7-16,23,25,28,41H,4-6,17-22H2,1-3H3,(H,36,43)(H,37,42)(H2,38,39,44). The summed E-state index contributed by atoms with van der Waals surface area (Å²) in [6.45, 7) is 7.38. The molecule has 1 fully saturated rings. The Bertz CT molecular complexity index is 1430. The fraction of sp³-hybridized carbons (Fsp3) is 0.400. The molecular formula is C35H45N5O6. The molecule has 0 atom stereocenters. The number of amides is 4. The summed E-state index contributed by atoms with van der Waals surface area (Å²) in [7, 11) is 1.52. The summed E-state index contributed by atoms with van der Waals surface area (Å²) in [5.41, 5.74) is 1.80. The van der Waals surface area contributed by atoms with Crippen LogP contribution in [-0.4, -0.2) is 73.3 Å². The molecule has 0 bridgehead atoms. The largest absolute Gasteiger partial charge is 0.494 e. The Morgan fingerprint density at radius 1 is 0.870 bits per heavy atom. The van der Waals surface area contributed by atoms with Crippen molar-refractivity contribution in [2.75, 3.05) is 43.9 Å². The first-order chi connectivity index (χ1) is 22.3. The van der Waals surface area contributed by atoms with E-state index in [1.54, 1.807) is 66.7 Å². The lowest BCUT2D eigenvalue weighted by Gasteiger charge is -2.29. The first kappa shape index (κ1) is 34.3. The SMILES string of the molecule is CCC(CC)NC(=O)Nc1ccc(Oc2ccc(NC(=O)c3ccc(OCCCN4CCC(O)CC4)cc3)cc2)c(C(=O)NC)c1. The summed E-state index contributed by atoms with van der Waals surface area (Å²) in [5, 5.41) is 20.8. The number of rotatable bonds is 14. The number of aliphatic hydroxyl groups excluding tert-OH is 1. The Hall–Kier alpha value is -4.61. The van der Waals surface area contributed by atoms with Crippen LogP contribution in [0.15, 0.2) is 66.7 Å². The molecule has 3 aromatic rings. The minimum Gasteiger partial charge on any atom is -0.494 e. The second-order valence-electron chi connectivity index (χ2n) is 11.3. The van der Waals surface area contributed by atoms with Gasteiger partial charge in [0.2, 0.25) is 0 Å². The Morgan fingerprint density at radius 2 is 1.52 bits per heavy atom. The second-order valence-corrected chi connectivity index (χ2v) is 11.3. The average Bonchev–Trinajstić information content (AvgIpc) is 3.07. The molecule has 0 spiro atoms. The van der Waals surface area contributed by atoms with Crippen molar-refractivity contribution < 1.29 is 29.0 Å². The third kappa shape index (κ3) is 10.2. The number of piperidine rings is 1. The molecule has 11 heteroatoms. The molecular weight excluding hydrogens is 586 g/mol. The van der Waals surface area contributed by atoms with Crippen LogP contribution in [0.4, 0.5) is 16.2 Å². The number of carbonyl (C=O) groups excluding carboxylic acids is 3. The number of carbonyl (C=O) groups is 3. The van der Waals surface area contributed by atoms with Gasteiger partial charge in [-0.25, -0.2) is 4.79 Å². The molecule has 0 unspecified atom stereocenters. The molecule has 1 aliphatic rings. The molecule has 5 N–H and O–H groups in total. The van der Waals surface area contributed by atoms with Gasteiger partial charge in [0.1, 0.15) is 17.2 Å². The lowest BCUT2D eigenvalue weighted by molar-refractivity contribution is 0.0800. The summed E-state index contributed by atoms with van der Waals surface area (Å²) >= 11 is 0. The lowest BCUT2D eigenvalue weighted by Crippen LogP contribution is -2.37. The van der Waals surface area contributed by atoms with E-state index in [0.717, 1.165) is 51.7 Å². The zero-order chi connectivity index (χ0) is 32.9. The summed E-state index contributed by atoms with van der Waals surface area (Å²) in [6.07, 6.45) is 4.03. The molecule has 1 heterocycles.